The van der Waals surface area contributed by atoms with Gasteiger partial charge in [-0.05, 0) is 37.3 Å². The highest BCUT2D eigenvalue weighted by Crippen LogP contribution is 2.35. The average Bonchev–Trinajstić information content (AvgIpc) is 3.02. The highest BCUT2D eigenvalue weighted by molar-refractivity contribution is 5.81. The fourth-order valence-corrected chi connectivity index (χ4v) is 3.27. The molecule has 2 heterocycles. The molecule has 1 atom stereocenters. The Morgan fingerprint density at radius 3 is 2.47 bits per heavy atom. The molecular weight excluding hydrogens is 406 g/mol. The Labute approximate surface area is 166 Å². The lowest BCUT2D eigenvalue weighted by atomic mass is 10.2. The minimum atomic E-state index is -4.50. The first-order valence-corrected chi connectivity index (χ1v) is 8.64. The molecule has 1 aromatic heterocycles. The van der Waals surface area contributed by atoms with Crippen LogP contribution in [0.1, 0.15) is 17.7 Å². The summed E-state index contributed by atoms with van der Waals surface area (Å²) in [6.45, 7) is 1.65. The Morgan fingerprint density at radius 1 is 1.13 bits per heavy atom. The smallest absolute Gasteiger partial charge is 0.305 e. The van der Waals surface area contributed by atoms with E-state index in [1.807, 2.05) is 0 Å². The third kappa shape index (κ3) is 3.38. The van der Waals surface area contributed by atoms with Gasteiger partial charge in [0.25, 0.3) is 5.69 Å². The topological polar surface area (TPSA) is 76.6 Å². The summed E-state index contributed by atoms with van der Waals surface area (Å²) in [5.74, 6) is -0.250. The van der Waals surface area contributed by atoms with Crippen molar-refractivity contribution in [3.8, 4) is 0 Å². The number of hydrogen-bond acceptors (Lipinski definition) is 5. The fourth-order valence-electron chi connectivity index (χ4n) is 3.27. The number of aliphatic imine (C=N–C) groups is 1. The monoisotopic (exact) mass is 419 g/mol. The first-order valence-electron chi connectivity index (χ1n) is 8.64. The average molecular weight is 419 g/mol. The number of benzene rings is 2. The summed E-state index contributed by atoms with van der Waals surface area (Å²) < 4.78 is 54.2. The number of anilines is 1. The van der Waals surface area contributed by atoms with Crippen LogP contribution in [0.25, 0.3) is 11.0 Å². The van der Waals surface area contributed by atoms with Gasteiger partial charge in [-0.25, -0.2) is 14.4 Å². The maximum Gasteiger partial charge on any atom is 0.416 e. The van der Waals surface area contributed by atoms with E-state index in [0.717, 1.165) is 24.5 Å². The highest BCUT2D eigenvalue weighted by atomic mass is 19.4. The standard InChI is InChI=1S/C19H13F4N5O2/c1-11-25-16-7-6-15(28(29)30)8-17(16)27(11)18-24-9-13(20)10-26(18)14-4-2-12(3-5-14)19(21,22)23/h2-10,18H,1H3. The number of imidazole rings is 1. The summed E-state index contributed by atoms with van der Waals surface area (Å²) in [5, 5.41) is 11.2. The Hall–Kier alpha value is -3.76. The molecule has 0 N–H and O–H groups in total. The molecule has 0 fully saturated rings. The summed E-state index contributed by atoms with van der Waals surface area (Å²) in [4.78, 5) is 20.5. The maximum atomic E-state index is 14.0. The van der Waals surface area contributed by atoms with Gasteiger partial charge in [0, 0.05) is 24.0 Å². The van der Waals surface area contributed by atoms with Crippen molar-refractivity contribution in [1.29, 1.82) is 0 Å². The fraction of sp³-hybridized carbons (Fsp3) is 0.158. The molecule has 1 unspecified atom stereocenters. The van der Waals surface area contributed by atoms with Crippen LogP contribution in [0.5, 0.6) is 0 Å². The number of nitro benzene ring substituents is 1. The van der Waals surface area contributed by atoms with Crippen LogP contribution in [-0.2, 0) is 6.18 Å². The lowest BCUT2D eigenvalue weighted by molar-refractivity contribution is -0.384. The zero-order chi connectivity index (χ0) is 21.6. The molecule has 4 rings (SSSR count). The van der Waals surface area contributed by atoms with E-state index in [9.17, 15) is 27.7 Å². The van der Waals surface area contributed by atoms with Crippen LogP contribution in [0, 0.1) is 17.0 Å². The van der Waals surface area contributed by atoms with E-state index >= 15 is 0 Å². The number of fused-ring (bicyclic) bond motifs is 1. The number of aromatic nitrogens is 2. The van der Waals surface area contributed by atoms with E-state index in [-0.39, 0.29) is 11.4 Å². The summed E-state index contributed by atoms with van der Waals surface area (Å²) in [6.07, 6.45) is -3.36. The zero-order valence-corrected chi connectivity index (χ0v) is 15.3. The number of aryl methyl sites for hydroxylation is 1. The predicted octanol–water partition coefficient (Wildman–Crippen LogP) is 5.13. The van der Waals surface area contributed by atoms with E-state index in [1.165, 1.54) is 35.2 Å². The molecule has 30 heavy (non-hydrogen) atoms. The number of nitrogens with zero attached hydrogens (tertiary/aromatic N) is 5. The van der Waals surface area contributed by atoms with Crippen LogP contribution in [0.15, 0.2) is 59.5 Å². The molecule has 0 saturated carbocycles. The van der Waals surface area contributed by atoms with E-state index in [1.54, 1.807) is 11.5 Å². The molecular formula is C19H13F4N5O2. The molecule has 2 aromatic carbocycles. The normalized spacial score (nSPS) is 16.8. The van der Waals surface area contributed by atoms with Crippen LogP contribution in [0.4, 0.5) is 28.9 Å². The van der Waals surface area contributed by atoms with Crippen molar-refractivity contribution in [2.45, 2.75) is 19.4 Å². The van der Waals surface area contributed by atoms with Crippen molar-refractivity contribution in [3.05, 3.63) is 76.0 Å². The first kappa shape index (κ1) is 19.6. The molecule has 0 saturated heterocycles. The quantitative estimate of drug-likeness (QED) is 0.335. The Bertz CT molecular complexity index is 1200. The largest absolute Gasteiger partial charge is 0.416 e. The first-order chi connectivity index (χ1) is 14.1. The van der Waals surface area contributed by atoms with E-state index in [0.29, 0.717) is 16.9 Å². The van der Waals surface area contributed by atoms with Gasteiger partial charge < -0.3 is 4.90 Å². The summed E-state index contributed by atoms with van der Waals surface area (Å²) in [5.41, 5.74) is 0.109. The number of halogens is 4. The van der Waals surface area contributed by atoms with Crippen molar-refractivity contribution in [2.75, 3.05) is 4.90 Å². The maximum absolute atomic E-state index is 14.0. The number of alkyl halides is 3. The van der Waals surface area contributed by atoms with Gasteiger partial charge in [0.2, 0.25) is 6.29 Å². The Balaban J connectivity index is 1.83. The van der Waals surface area contributed by atoms with Gasteiger partial charge in [-0.2, -0.15) is 13.2 Å². The molecule has 1 aliphatic rings. The second-order valence-electron chi connectivity index (χ2n) is 6.55. The van der Waals surface area contributed by atoms with E-state index in [4.69, 9.17) is 0 Å². The SMILES string of the molecule is Cc1nc2ccc([N+](=O)[O-])cc2n1C1N=CC(F)=CN1c1ccc(C(F)(F)F)cc1. The second-order valence-corrected chi connectivity index (χ2v) is 6.55. The van der Waals surface area contributed by atoms with Crippen LogP contribution in [0.2, 0.25) is 0 Å². The zero-order valence-electron chi connectivity index (χ0n) is 15.3. The highest BCUT2D eigenvalue weighted by Gasteiger charge is 2.31. The van der Waals surface area contributed by atoms with Crippen LogP contribution < -0.4 is 4.90 Å². The third-order valence-corrected chi connectivity index (χ3v) is 4.63. The Kier molecular flexibility index (Phi) is 4.52. The number of allylic oxidation sites excluding steroid dienone is 1. The lowest BCUT2D eigenvalue weighted by Crippen LogP contribution is -2.30. The van der Waals surface area contributed by atoms with Crippen molar-refractivity contribution in [1.82, 2.24) is 9.55 Å². The van der Waals surface area contributed by atoms with Gasteiger partial charge in [-0.1, -0.05) is 0 Å². The van der Waals surface area contributed by atoms with Gasteiger partial charge in [0.1, 0.15) is 5.82 Å². The number of rotatable bonds is 3. The molecule has 0 amide bonds. The summed E-state index contributed by atoms with van der Waals surface area (Å²) >= 11 is 0. The molecule has 0 aliphatic carbocycles. The molecule has 154 valence electrons. The minimum absolute atomic E-state index is 0.161. The molecule has 1 aliphatic heterocycles. The summed E-state index contributed by atoms with van der Waals surface area (Å²) in [6, 6.07) is 8.32. The Morgan fingerprint density at radius 2 is 1.83 bits per heavy atom. The van der Waals surface area contributed by atoms with E-state index < -0.39 is 28.8 Å². The lowest BCUT2D eigenvalue weighted by Gasteiger charge is -2.31. The van der Waals surface area contributed by atoms with Crippen molar-refractivity contribution >= 4 is 28.6 Å². The van der Waals surface area contributed by atoms with Crippen molar-refractivity contribution in [2.24, 2.45) is 4.99 Å². The molecule has 11 heteroatoms. The molecule has 0 radical (unpaired) electrons. The third-order valence-electron chi connectivity index (χ3n) is 4.63. The van der Waals surface area contributed by atoms with Gasteiger partial charge in [-0.15, -0.1) is 0 Å². The van der Waals surface area contributed by atoms with Gasteiger partial charge in [0.15, 0.2) is 5.83 Å². The number of hydrogen-bond donors (Lipinski definition) is 0. The predicted molar refractivity (Wildman–Crippen MR) is 102 cm³/mol. The van der Waals surface area contributed by atoms with E-state index in [2.05, 4.69) is 9.98 Å². The number of non-ortho nitro benzene ring substituents is 1. The summed E-state index contributed by atoms with van der Waals surface area (Å²) in [7, 11) is 0. The van der Waals surface area contributed by atoms with Crippen LogP contribution >= 0.6 is 0 Å². The molecule has 0 bridgehead atoms. The minimum Gasteiger partial charge on any atom is -0.305 e. The molecule has 7 nitrogen and oxygen atoms in total. The molecule has 3 aromatic rings. The molecule has 0 spiro atoms. The van der Waals surface area contributed by atoms with Crippen LogP contribution in [0.3, 0.4) is 0 Å². The van der Waals surface area contributed by atoms with Gasteiger partial charge in [0.05, 0.1) is 27.7 Å². The second kappa shape index (κ2) is 6.94. The van der Waals surface area contributed by atoms with Crippen molar-refractivity contribution in [3.63, 3.8) is 0 Å². The van der Waals surface area contributed by atoms with Crippen molar-refractivity contribution < 1.29 is 22.5 Å². The van der Waals surface area contributed by atoms with Gasteiger partial charge in [-0.3, -0.25) is 14.7 Å². The van der Waals surface area contributed by atoms with Gasteiger partial charge >= 0.3 is 6.18 Å². The number of nitro groups is 1. The van der Waals surface area contributed by atoms with Crippen LogP contribution in [-0.4, -0.2) is 20.7 Å².